The summed E-state index contributed by atoms with van der Waals surface area (Å²) in [5.41, 5.74) is 1.61. The Hall–Kier alpha value is -2.58. The summed E-state index contributed by atoms with van der Waals surface area (Å²) in [4.78, 5) is 0. The van der Waals surface area contributed by atoms with Gasteiger partial charge in [0, 0.05) is 0 Å². The number of ether oxygens (including phenoxy) is 2. The van der Waals surface area contributed by atoms with Crippen LogP contribution < -0.4 is 9.47 Å². The van der Waals surface area contributed by atoms with Crippen LogP contribution in [0.5, 0.6) is 11.5 Å². The molecule has 21 heavy (non-hydrogen) atoms. The topological polar surface area (TPSA) is 62.5 Å². The maximum absolute atomic E-state index is 13.7. The summed E-state index contributed by atoms with van der Waals surface area (Å²) < 4.78 is 24.1. The van der Waals surface area contributed by atoms with Gasteiger partial charge in [-0.3, -0.25) is 0 Å². The lowest BCUT2D eigenvalue weighted by Crippen LogP contribution is -1.99. The molecular weight excluding hydrogens is 273 g/mol. The zero-order valence-electron chi connectivity index (χ0n) is 11.5. The first kappa shape index (κ1) is 14.8. The molecule has 0 aromatic heterocycles. The fourth-order valence-electron chi connectivity index (χ4n) is 1.85. The molecule has 0 spiro atoms. The molecule has 0 aliphatic rings. The van der Waals surface area contributed by atoms with Crippen molar-refractivity contribution in [1.29, 1.82) is 5.26 Å². The highest BCUT2D eigenvalue weighted by molar-refractivity contribution is 5.45. The van der Waals surface area contributed by atoms with Gasteiger partial charge in [0.1, 0.15) is 18.4 Å². The number of nitriles is 1. The zero-order valence-corrected chi connectivity index (χ0v) is 11.5. The SMILES string of the molecule is COc1ccc(COc2ccc(CO)cc2F)cc1C#N. The highest BCUT2D eigenvalue weighted by Crippen LogP contribution is 2.22. The summed E-state index contributed by atoms with van der Waals surface area (Å²) >= 11 is 0. The average Bonchev–Trinajstić information content (AvgIpc) is 2.53. The van der Waals surface area contributed by atoms with Crippen LogP contribution >= 0.6 is 0 Å². The first-order valence-electron chi connectivity index (χ1n) is 6.27. The second-order valence-electron chi connectivity index (χ2n) is 4.36. The molecule has 1 N–H and O–H groups in total. The molecule has 0 atom stereocenters. The second kappa shape index (κ2) is 6.73. The van der Waals surface area contributed by atoms with Crippen molar-refractivity contribution in [3.8, 4) is 17.6 Å². The molecule has 0 aliphatic heterocycles. The van der Waals surface area contributed by atoms with E-state index in [0.717, 1.165) is 5.56 Å². The number of aliphatic hydroxyl groups is 1. The van der Waals surface area contributed by atoms with Gasteiger partial charge in [0.2, 0.25) is 0 Å². The highest BCUT2D eigenvalue weighted by atomic mass is 19.1. The summed E-state index contributed by atoms with van der Waals surface area (Å²) in [6.07, 6.45) is 0. The largest absolute Gasteiger partial charge is 0.495 e. The van der Waals surface area contributed by atoms with Crippen LogP contribution in [0.4, 0.5) is 4.39 Å². The Kier molecular flexibility index (Phi) is 4.75. The van der Waals surface area contributed by atoms with E-state index in [9.17, 15) is 4.39 Å². The van der Waals surface area contributed by atoms with Gasteiger partial charge in [-0.1, -0.05) is 12.1 Å². The molecule has 2 aromatic rings. The van der Waals surface area contributed by atoms with Crippen molar-refractivity contribution in [3.05, 3.63) is 58.9 Å². The van der Waals surface area contributed by atoms with Crippen molar-refractivity contribution in [2.24, 2.45) is 0 Å². The van der Waals surface area contributed by atoms with E-state index in [1.165, 1.54) is 19.2 Å². The summed E-state index contributed by atoms with van der Waals surface area (Å²) in [5, 5.41) is 17.9. The predicted molar refractivity (Wildman–Crippen MR) is 74.4 cm³/mol. The minimum absolute atomic E-state index is 0.0986. The average molecular weight is 287 g/mol. The molecule has 0 saturated carbocycles. The predicted octanol–water partition coefficient (Wildman–Crippen LogP) is 2.78. The van der Waals surface area contributed by atoms with Gasteiger partial charge in [-0.25, -0.2) is 4.39 Å². The summed E-state index contributed by atoms with van der Waals surface area (Å²) in [7, 11) is 1.49. The first-order valence-corrected chi connectivity index (χ1v) is 6.27. The maximum Gasteiger partial charge on any atom is 0.165 e. The Bertz CT molecular complexity index is 680. The summed E-state index contributed by atoms with van der Waals surface area (Å²) in [5.74, 6) is 0.0526. The number of benzene rings is 2. The fraction of sp³-hybridized carbons (Fsp3) is 0.188. The lowest BCUT2D eigenvalue weighted by atomic mass is 10.1. The quantitative estimate of drug-likeness (QED) is 0.918. The molecule has 0 bridgehead atoms. The molecule has 5 heteroatoms. The van der Waals surface area contributed by atoms with Gasteiger partial charge < -0.3 is 14.6 Å². The molecule has 0 aliphatic carbocycles. The van der Waals surface area contributed by atoms with Crippen LogP contribution in [-0.2, 0) is 13.2 Å². The minimum atomic E-state index is -0.532. The summed E-state index contributed by atoms with van der Waals surface area (Å²) in [6, 6.07) is 11.4. The van der Waals surface area contributed by atoms with Crippen LogP contribution in [0.15, 0.2) is 36.4 Å². The third-order valence-corrected chi connectivity index (χ3v) is 2.96. The van der Waals surface area contributed by atoms with Crippen molar-refractivity contribution in [1.82, 2.24) is 0 Å². The van der Waals surface area contributed by atoms with Gasteiger partial charge in [-0.2, -0.15) is 5.26 Å². The zero-order chi connectivity index (χ0) is 15.2. The van der Waals surface area contributed by atoms with Crippen molar-refractivity contribution in [3.63, 3.8) is 0 Å². The number of rotatable bonds is 5. The lowest BCUT2D eigenvalue weighted by Gasteiger charge is -2.09. The standard InChI is InChI=1S/C16H14FNO3/c1-20-15-4-3-12(6-13(15)8-18)10-21-16-5-2-11(9-19)7-14(16)17/h2-7,19H,9-10H2,1H3. The van der Waals surface area contributed by atoms with E-state index < -0.39 is 5.82 Å². The van der Waals surface area contributed by atoms with Crippen molar-refractivity contribution in [2.45, 2.75) is 13.2 Å². The van der Waals surface area contributed by atoms with Gasteiger partial charge in [0.15, 0.2) is 11.6 Å². The molecule has 0 heterocycles. The third kappa shape index (κ3) is 3.50. The maximum atomic E-state index is 13.7. The Morgan fingerprint density at radius 2 is 1.86 bits per heavy atom. The van der Waals surface area contributed by atoms with Gasteiger partial charge in [0.25, 0.3) is 0 Å². The van der Waals surface area contributed by atoms with E-state index in [0.29, 0.717) is 16.9 Å². The Labute approximate surface area is 122 Å². The smallest absolute Gasteiger partial charge is 0.165 e. The van der Waals surface area contributed by atoms with E-state index in [4.69, 9.17) is 19.8 Å². The molecule has 4 nitrogen and oxygen atoms in total. The van der Waals surface area contributed by atoms with Crippen LogP contribution in [0.25, 0.3) is 0 Å². The molecule has 2 aromatic carbocycles. The molecule has 0 fully saturated rings. The monoisotopic (exact) mass is 287 g/mol. The number of aliphatic hydroxyl groups excluding tert-OH is 1. The van der Waals surface area contributed by atoms with Crippen LogP contribution in [-0.4, -0.2) is 12.2 Å². The number of hydrogen-bond donors (Lipinski definition) is 1. The van der Waals surface area contributed by atoms with E-state index in [-0.39, 0.29) is 19.0 Å². The van der Waals surface area contributed by atoms with Gasteiger partial charge >= 0.3 is 0 Å². The number of nitrogens with zero attached hydrogens (tertiary/aromatic N) is 1. The molecular formula is C16H14FNO3. The molecule has 0 radical (unpaired) electrons. The van der Waals surface area contributed by atoms with Crippen molar-refractivity contribution >= 4 is 0 Å². The normalized spacial score (nSPS) is 10.0. The highest BCUT2D eigenvalue weighted by Gasteiger charge is 2.07. The second-order valence-corrected chi connectivity index (χ2v) is 4.36. The van der Waals surface area contributed by atoms with Gasteiger partial charge in [0.05, 0.1) is 19.3 Å². The lowest BCUT2D eigenvalue weighted by molar-refractivity contribution is 0.276. The van der Waals surface area contributed by atoms with Crippen LogP contribution in [0, 0.1) is 17.1 Å². The van der Waals surface area contributed by atoms with Crippen LogP contribution in [0.1, 0.15) is 16.7 Å². The third-order valence-electron chi connectivity index (χ3n) is 2.96. The fourth-order valence-corrected chi connectivity index (χ4v) is 1.85. The van der Waals surface area contributed by atoms with E-state index in [2.05, 4.69) is 0 Å². The number of hydrogen-bond acceptors (Lipinski definition) is 4. The molecule has 0 unspecified atom stereocenters. The number of methoxy groups -OCH3 is 1. The molecule has 0 amide bonds. The minimum Gasteiger partial charge on any atom is -0.495 e. The van der Waals surface area contributed by atoms with Gasteiger partial charge in [-0.15, -0.1) is 0 Å². The Morgan fingerprint density at radius 1 is 1.14 bits per heavy atom. The molecule has 2 rings (SSSR count). The van der Waals surface area contributed by atoms with Crippen molar-refractivity contribution in [2.75, 3.05) is 7.11 Å². The van der Waals surface area contributed by atoms with E-state index >= 15 is 0 Å². The van der Waals surface area contributed by atoms with Crippen LogP contribution in [0.3, 0.4) is 0 Å². The Balaban J connectivity index is 2.11. The molecule has 108 valence electrons. The van der Waals surface area contributed by atoms with Gasteiger partial charge in [-0.05, 0) is 35.4 Å². The van der Waals surface area contributed by atoms with E-state index in [1.54, 1.807) is 24.3 Å². The molecule has 0 saturated heterocycles. The summed E-state index contributed by atoms with van der Waals surface area (Å²) in [6.45, 7) is -0.0880. The van der Waals surface area contributed by atoms with Crippen molar-refractivity contribution < 1.29 is 19.0 Å². The van der Waals surface area contributed by atoms with Crippen LogP contribution in [0.2, 0.25) is 0 Å². The van der Waals surface area contributed by atoms with E-state index in [1.807, 2.05) is 6.07 Å². The Morgan fingerprint density at radius 3 is 2.48 bits per heavy atom. The first-order chi connectivity index (χ1) is 10.2. The number of halogens is 1.